The van der Waals surface area contributed by atoms with Crippen LogP contribution < -0.4 is 10.2 Å². The van der Waals surface area contributed by atoms with E-state index >= 15 is 0 Å². The zero-order chi connectivity index (χ0) is 24.2. The zero-order valence-corrected chi connectivity index (χ0v) is 19.8. The van der Waals surface area contributed by atoms with Crippen LogP contribution in [0.3, 0.4) is 0 Å². The summed E-state index contributed by atoms with van der Waals surface area (Å²) in [5.74, 6) is -0.402. The number of urea groups is 1. The third-order valence-electron chi connectivity index (χ3n) is 7.33. The Balaban J connectivity index is 1.18. The number of anilines is 1. The number of hydrogen-bond donors (Lipinski definition) is 1. The lowest BCUT2D eigenvalue weighted by molar-refractivity contribution is 0.199. The van der Waals surface area contributed by atoms with Gasteiger partial charge in [-0.1, -0.05) is 42.5 Å². The van der Waals surface area contributed by atoms with Gasteiger partial charge in [0.25, 0.3) is 0 Å². The number of rotatable bonds is 7. The van der Waals surface area contributed by atoms with Crippen LogP contribution in [0.2, 0.25) is 0 Å². The van der Waals surface area contributed by atoms with Crippen LogP contribution in [0.25, 0.3) is 0 Å². The molecule has 0 spiro atoms. The number of carbonyl (C=O) groups excluding carboxylic acids is 1. The number of fused-ring (bicyclic) bond motifs is 1. The van der Waals surface area contributed by atoms with E-state index < -0.39 is 0 Å². The normalized spacial score (nSPS) is 16.9. The molecule has 1 N–H and O–H groups in total. The van der Waals surface area contributed by atoms with Gasteiger partial charge in [0.05, 0.1) is 5.69 Å². The Morgan fingerprint density at radius 2 is 1.46 bits per heavy atom. The molecule has 6 heteroatoms. The van der Waals surface area contributed by atoms with Gasteiger partial charge >= 0.3 is 6.03 Å². The molecule has 1 saturated heterocycles. The third kappa shape index (κ3) is 5.38. The van der Waals surface area contributed by atoms with Gasteiger partial charge in [-0.3, -0.25) is 4.90 Å². The number of para-hydroxylation sites is 1. The lowest BCUT2D eigenvalue weighted by atomic mass is 9.87. The number of carbonyl (C=O) groups is 1. The molecule has 1 fully saturated rings. The second-order valence-corrected chi connectivity index (χ2v) is 9.53. The molecule has 0 unspecified atom stereocenters. The minimum absolute atomic E-state index is 0.00332. The summed E-state index contributed by atoms with van der Waals surface area (Å²) in [5, 5.41) is 3.01. The minimum atomic E-state index is -0.250. The van der Waals surface area contributed by atoms with Gasteiger partial charge in [-0.05, 0) is 79.3 Å². The predicted molar refractivity (Wildman–Crippen MR) is 134 cm³/mol. The Hall–Kier alpha value is -3.25. The molecule has 0 bridgehead atoms. The Morgan fingerprint density at radius 3 is 2.09 bits per heavy atom. The highest BCUT2D eigenvalue weighted by molar-refractivity contribution is 5.95. The van der Waals surface area contributed by atoms with Gasteiger partial charge < -0.3 is 10.2 Å². The average molecular weight is 476 g/mol. The van der Waals surface area contributed by atoms with Crippen LogP contribution in [-0.2, 0) is 6.54 Å². The van der Waals surface area contributed by atoms with Crippen LogP contribution in [0.1, 0.15) is 48.3 Å². The molecule has 35 heavy (non-hydrogen) atoms. The summed E-state index contributed by atoms with van der Waals surface area (Å²) in [4.78, 5) is 17.1. The highest BCUT2D eigenvalue weighted by Crippen LogP contribution is 2.32. The summed E-state index contributed by atoms with van der Waals surface area (Å²) in [7, 11) is 0. The first-order valence-electron chi connectivity index (χ1n) is 12.5. The molecule has 3 aromatic carbocycles. The van der Waals surface area contributed by atoms with Crippen molar-refractivity contribution < 1.29 is 13.6 Å². The summed E-state index contributed by atoms with van der Waals surface area (Å²) in [5.41, 5.74) is 4.30. The van der Waals surface area contributed by atoms with Gasteiger partial charge in [0, 0.05) is 31.6 Å². The van der Waals surface area contributed by atoms with Gasteiger partial charge in [-0.15, -0.1) is 0 Å². The largest absolute Gasteiger partial charge is 0.334 e. The highest BCUT2D eigenvalue weighted by Gasteiger charge is 2.32. The summed E-state index contributed by atoms with van der Waals surface area (Å²) >= 11 is 0. The van der Waals surface area contributed by atoms with Crippen molar-refractivity contribution in [3.05, 3.63) is 101 Å². The molecule has 0 atom stereocenters. The number of piperidine rings is 1. The smallest absolute Gasteiger partial charge is 0.322 e. The first kappa shape index (κ1) is 23.5. The number of likely N-dealkylation sites (tertiary alicyclic amines) is 1. The maximum atomic E-state index is 13.5. The van der Waals surface area contributed by atoms with E-state index in [0.717, 1.165) is 62.1 Å². The van der Waals surface area contributed by atoms with Crippen LogP contribution in [0.15, 0.2) is 72.8 Å². The molecule has 0 aromatic heterocycles. The molecular weight excluding hydrogens is 444 g/mol. The van der Waals surface area contributed by atoms with Gasteiger partial charge in [-0.25, -0.2) is 13.6 Å². The van der Waals surface area contributed by atoms with Crippen molar-refractivity contribution in [2.24, 2.45) is 0 Å². The summed E-state index contributed by atoms with van der Waals surface area (Å²) in [6.45, 7) is 3.46. The van der Waals surface area contributed by atoms with Crippen LogP contribution in [0.4, 0.5) is 19.3 Å². The van der Waals surface area contributed by atoms with Crippen LogP contribution in [-0.4, -0.2) is 36.6 Å². The van der Waals surface area contributed by atoms with Gasteiger partial charge in [0.2, 0.25) is 0 Å². The fraction of sp³-hybridized carbons (Fsp3) is 0.345. The van der Waals surface area contributed by atoms with Crippen molar-refractivity contribution in [3.8, 4) is 0 Å². The predicted octanol–water partition coefficient (Wildman–Crippen LogP) is 6.07. The molecule has 0 radical (unpaired) electrons. The summed E-state index contributed by atoms with van der Waals surface area (Å²) in [6, 6.07) is 21.6. The van der Waals surface area contributed by atoms with Crippen LogP contribution >= 0.6 is 0 Å². The SMILES string of the molecule is O=C1NCc2ccccc2N1C1CCN(CCCC(c2ccc(F)cc2)c2ccc(F)cc2)CC1. The lowest BCUT2D eigenvalue weighted by Gasteiger charge is -2.41. The van der Waals surface area contributed by atoms with E-state index in [1.807, 2.05) is 47.4 Å². The number of hydrogen-bond acceptors (Lipinski definition) is 2. The maximum Gasteiger partial charge on any atom is 0.322 e. The summed E-state index contributed by atoms with van der Waals surface area (Å²) < 4.78 is 27.0. The molecule has 2 aliphatic heterocycles. The van der Waals surface area contributed by atoms with Crippen molar-refractivity contribution in [2.45, 2.75) is 44.2 Å². The first-order valence-corrected chi connectivity index (χ1v) is 12.5. The second kappa shape index (κ2) is 10.6. The van der Waals surface area contributed by atoms with Gasteiger partial charge in [0.1, 0.15) is 11.6 Å². The molecule has 4 nitrogen and oxygen atoms in total. The number of nitrogens with zero attached hydrogens (tertiary/aromatic N) is 2. The Kier molecular flexibility index (Phi) is 7.09. The van der Waals surface area contributed by atoms with E-state index in [0.29, 0.717) is 6.54 Å². The molecule has 0 saturated carbocycles. The highest BCUT2D eigenvalue weighted by atomic mass is 19.1. The molecule has 5 rings (SSSR count). The van der Waals surface area contributed by atoms with E-state index in [9.17, 15) is 13.6 Å². The molecule has 182 valence electrons. The quantitative estimate of drug-likeness (QED) is 0.450. The zero-order valence-electron chi connectivity index (χ0n) is 19.8. The van der Waals surface area contributed by atoms with E-state index in [1.54, 1.807) is 0 Å². The minimum Gasteiger partial charge on any atom is -0.334 e. The van der Waals surface area contributed by atoms with Crippen LogP contribution in [0.5, 0.6) is 0 Å². The fourth-order valence-electron chi connectivity index (χ4n) is 5.46. The lowest BCUT2D eigenvalue weighted by Crippen LogP contribution is -2.53. The van der Waals surface area contributed by atoms with Crippen molar-refractivity contribution in [3.63, 3.8) is 0 Å². The van der Waals surface area contributed by atoms with Crippen molar-refractivity contribution in [2.75, 3.05) is 24.5 Å². The summed E-state index contributed by atoms with van der Waals surface area (Å²) in [6.07, 6.45) is 3.78. The van der Waals surface area contributed by atoms with Gasteiger partial charge in [-0.2, -0.15) is 0 Å². The first-order chi connectivity index (χ1) is 17.1. The van der Waals surface area contributed by atoms with Crippen molar-refractivity contribution >= 4 is 11.7 Å². The number of nitrogens with one attached hydrogen (secondary N) is 1. The number of halogens is 2. The second-order valence-electron chi connectivity index (χ2n) is 9.53. The fourth-order valence-corrected chi connectivity index (χ4v) is 5.46. The molecule has 2 heterocycles. The monoisotopic (exact) mass is 475 g/mol. The molecule has 0 aliphatic carbocycles. The Morgan fingerprint density at radius 1 is 0.857 bits per heavy atom. The van der Waals surface area contributed by atoms with E-state index in [-0.39, 0.29) is 29.6 Å². The third-order valence-corrected chi connectivity index (χ3v) is 7.33. The topological polar surface area (TPSA) is 35.6 Å². The Labute approximate surface area is 205 Å². The Bertz CT molecular complexity index is 1100. The van der Waals surface area contributed by atoms with E-state index in [4.69, 9.17) is 0 Å². The number of amides is 2. The van der Waals surface area contributed by atoms with Crippen LogP contribution in [0, 0.1) is 11.6 Å². The average Bonchev–Trinajstić information content (AvgIpc) is 2.89. The molecular formula is C29H31F2N3O. The number of benzene rings is 3. The van der Waals surface area contributed by atoms with Gasteiger partial charge in [0.15, 0.2) is 0 Å². The maximum absolute atomic E-state index is 13.5. The standard InChI is InChI=1S/C29H31F2N3O/c30-24-11-7-21(8-12-24)27(22-9-13-25(31)14-10-22)5-3-17-33-18-15-26(16-19-33)34-28-6-2-1-4-23(28)20-32-29(34)35/h1-2,4,6-14,26-27H,3,5,15-20H2,(H,32,35). The molecule has 2 aliphatic rings. The van der Waals surface area contributed by atoms with E-state index in [2.05, 4.69) is 16.3 Å². The molecule has 2 amide bonds. The van der Waals surface area contributed by atoms with Crippen molar-refractivity contribution in [1.82, 2.24) is 10.2 Å². The molecule has 3 aromatic rings. The van der Waals surface area contributed by atoms with Crippen molar-refractivity contribution in [1.29, 1.82) is 0 Å². The van der Waals surface area contributed by atoms with E-state index in [1.165, 1.54) is 29.8 Å².